The lowest BCUT2D eigenvalue weighted by atomic mass is 10.0. The van der Waals surface area contributed by atoms with Crippen molar-refractivity contribution in [1.82, 2.24) is 0 Å². The second-order valence-corrected chi connectivity index (χ2v) is 7.34. The summed E-state index contributed by atoms with van der Waals surface area (Å²) < 4.78 is 7.03. The van der Waals surface area contributed by atoms with Crippen LogP contribution < -0.4 is 0 Å². The third-order valence-corrected chi connectivity index (χ3v) is 4.45. The molecule has 0 aromatic carbocycles. The quantitative estimate of drug-likeness (QED) is 0.217. The van der Waals surface area contributed by atoms with Gasteiger partial charge in [0.2, 0.25) is 0 Å². The molecule has 0 saturated carbocycles. The van der Waals surface area contributed by atoms with Crippen LogP contribution in [0.5, 0.6) is 0 Å². The highest BCUT2D eigenvalue weighted by molar-refractivity contribution is 4.55. The summed E-state index contributed by atoms with van der Waals surface area (Å²) in [5.74, 6) is 0.763. The molecule has 0 heterocycles. The topological polar surface area (TPSA) is 9.23 Å². The minimum absolute atomic E-state index is 0.763. The molecule has 0 bridgehead atoms. The monoisotopic (exact) mass is 300 g/mol. The zero-order chi connectivity index (χ0) is 16.0. The van der Waals surface area contributed by atoms with Crippen LogP contribution in [0.25, 0.3) is 0 Å². The molecule has 0 aromatic rings. The average molecular weight is 301 g/mol. The van der Waals surface area contributed by atoms with Crippen LogP contribution in [0.3, 0.4) is 0 Å². The fourth-order valence-corrected chi connectivity index (χ4v) is 2.75. The first-order chi connectivity index (χ1) is 10.1. The number of rotatable bonds is 15. The maximum absolute atomic E-state index is 6.02. The van der Waals surface area contributed by atoms with Gasteiger partial charge in [0.15, 0.2) is 6.73 Å². The van der Waals surface area contributed by atoms with Gasteiger partial charge in [0.1, 0.15) is 0 Å². The Bertz CT molecular complexity index is 216. The smallest absolute Gasteiger partial charge is 0.182 e. The zero-order valence-electron chi connectivity index (χ0n) is 15.6. The summed E-state index contributed by atoms with van der Waals surface area (Å²) >= 11 is 0. The van der Waals surface area contributed by atoms with E-state index in [9.17, 15) is 0 Å². The minimum atomic E-state index is 0.763. The van der Waals surface area contributed by atoms with Gasteiger partial charge in [0, 0.05) is 0 Å². The molecule has 2 heteroatoms. The molecule has 0 saturated heterocycles. The Morgan fingerprint density at radius 1 is 0.810 bits per heavy atom. The van der Waals surface area contributed by atoms with Crippen molar-refractivity contribution < 1.29 is 9.22 Å². The molecule has 0 spiro atoms. The maximum atomic E-state index is 6.02. The van der Waals surface area contributed by atoms with Gasteiger partial charge in [0.05, 0.1) is 27.2 Å². The minimum Gasteiger partial charge on any atom is -0.331 e. The fourth-order valence-electron chi connectivity index (χ4n) is 2.75. The second-order valence-electron chi connectivity index (χ2n) is 7.34. The Labute approximate surface area is 134 Å². The van der Waals surface area contributed by atoms with E-state index >= 15 is 0 Å². The predicted molar refractivity (Wildman–Crippen MR) is 94.5 cm³/mol. The van der Waals surface area contributed by atoms with Crippen molar-refractivity contribution in [1.29, 1.82) is 0 Å². The Morgan fingerprint density at radius 2 is 1.43 bits per heavy atom. The van der Waals surface area contributed by atoms with E-state index in [1.807, 2.05) is 0 Å². The molecule has 0 fully saturated rings. The Morgan fingerprint density at radius 3 is 2.05 bits per heavy atom. The Kier molecular flexibility index (Phi) is 13.5. The van der Waals surface area contributed by atoms with Crippen molar-refractivity contribution in [2.75, 3.05) is 34.0 Å². The molecule has 0 aliphatic rings. The van der Waals surface area contributed by atoms with E-state index < -0.39 is 0 Å². The van der Waals surface area contributed by atoms with E-state index in [-0.39, 0.29) is 0 Å². The number of hydrogen-bond acceptors (Lipinski definition) is 1. The predicted octanol–water partition coefficient (Wildman–Crippen LogP) is 5.61. The third-order valence-electron chi connectivity index (χ3n) is 4.45. The molecule has 0 amide bonds. The van der Waals surface area contributed by atoms with E-state index in [4.69, 9.17) is 4.74 Å². The van der Waals surface area contributed by atoms with Gasteiger partial charge in [0.25, 0.3) is 0 Å². The van der Waals surface area contributed by atoms with E-state index in [0.29, 0.717) is 0 Å². The summed E-state index contributed by atoms with van der Waals surface area (Å²) in [6, 6.07) is 0. The summed E-state index contributed by atoms with van der Waals surface area (Å²) in [6.07, 6.45) is 13.5. The first-order valence-corrected chi connectivity index (χ1v) is 9.45. The van der Waals surface area contributed by atoms with Crippen LogP contribution in [-0.4, -0.2) is 38.5 Å². The van der Waals surface area contributed by atoms with Crippen molar-refractivity contribution in [2.24, 2.45) is 5.92 Å². The molecule has 0 N–H and O–H groups in total. The molecule has 128 valence electrons. The third kappa shape index (κ3) is 13.3. The number of unbranched alkanes of at least 4 members (excludes halogenated alkanes) is 6. The Balaban J connectivity index is 3.65. The SMILES string of the molecule is CCCCCCCC[N+](C)(C)COCC(CC)CCCC. The maximum Gasteiger partial charge on any atom is 0.182 e. The van der Waals surface area contributed by atoms with Crippen molar-refractivity contribution in [2.45, 2.75) is 85.0 Å². The molecule has 2 nitrogen and oxygen atoms in total. The second kappa shape index (κ2) is 13.6. The number of ether oxygens (including phenoxy) is 1. The van der Waals surface area contributed by atoms with Gasteiger partial charge in [-0.1, -0.05) is 65.7 Å². The molecule has 1 atom stereocenters. The zero-order valence-corrected chi connectivity index (χ0v) is 15.6. The van der Waals surface area contributed by atoms with Crippen molar-refractivity contribution in [3.63, 3.8) is 0 Å². The normalized spacial score (nSPS) is 13.6. The summed E-state index contributed by atoms with van der Waals surface area (Å²) in [5.41, 5.74) is 0. The summed E-state index contributed by atoms with van der Waals surface area (Å²) in [4.78, 5) is 0. The average Bonchev–Trinajstić information content (AvgIpc) is 2.46. The highest BCUT2D eigenvalue weighted by atomic mass is 16.5. The van der Waals surface area contributed by atoms with Crippen LogP contribution in [0.2, 0.25) is 0 Å². The lowest BCUT2D eigenvalue weighted by Gasteiger charge is -2.30. The number of hydrogen-bond donors (Lipinski definition) is 0. The van der Waals surface area contributed by atoms with Gasteiger partial charge >= 0.3 is 0 Å². The summed E-state index contributed by atoms with van der Waals surface area (Å²) in [6.45, 7) is 9.92. The van der Waals surface area contributed by atoms with Crippen LogP contribution in [0.1, 0.15) is 85.0 Å². The summed E-state index contributed by atoms with van der Waals surface area (Å²) in [5, 5.41) is 0. The molecule has 0 aromatic heterocycles. The fraction of sp³-hybridized carbons (Fsp3) is 1.00. The van der Waals surface area contributed by atoms with E-state index in [1.165, 1.54) is 70.8 Å². The van der Waals surface area contributed by atoms with Crippen molar-refractivity contribution in [3.8, 4) is 0 Å². The van der Waals surface area contributed by atoms with Gasteiger partial charge in [-0.15, -0.1) is 0 Å². The van der Waals surface area contributed by atoms with Gasteiger partial charge in [-0.3, -0.25) is 0 Å². The first kappa shape index (κ1) is 20.9. The van der Waals surface area contributed by atoms with Crippen molar-refractivity contribution in [3.05, 3.63) is 0 Å². The molecule has 0 aliphatic carbocycles. The van der Waals surface area contributed by atoms with Crippen LogP contribution in [0.4, 0.5) is 0 Å². The van der Waals surface area contributed by atoms with E-state index in [1.54, 1.807) is 0 Å². The molecule has 1 unspecified atom stereocenters. The van der Waals surface area contributed by atoms with E-state index in [0.717, 1.165) is 23.7 Å². The molecular formula is C19H42NO+. The van der Waals surface area contributed by atoms with E-state index in [2.05, 4.69) is 34.9 Å². The lowest BCUT2D eigenvalue weighted by molar-refractivity contribution is -0.910. The molecule has 21 heavy (non-hydrogen) atoms. The van der Waals surface area contributed by atoms with Gasteiger partial charge in [-0.2, -0.15) is 0 Å². The standard InChI is InChI=1S/C19H42NO/c1-6-9-11-12-13-14-16-20(4,5)18-21-17-19(8-3)15-10-7-2/h19H,6-18H2,1-5H3/q+1. The van der Waals surface area contributed by atoms with Crippen LogP contribution in [0.15, 0.2) is 0 Å². The van der Waals surface area contributed by atoms with Gasteiger partial charge < -0.3 is 9.22 Å². The molecule has 0 rings (SSSR count). The Hall–Kier alpha value is -0.0800. The van der Waals surface area contributed by atoms with Gasteiger partial charge in [-0.05, 0) is 25.2 Å². The number of quaternary nitrogens is 1. The van der Waals surface area contributed by atoms with Gasteiger partial charge in [-0.25, -0.2) is 0 Å². The molecule has 0 aliphatic heterocycles. The lowest BCUT2D eigenvalue weighted by Crippen LogP contribution is -2.42. The molecule has 0 radical (unpaired) electrons. The largest absolute Gasteiger partial charge is 0.331 e. The highest BCUT2D eigenvalue weighted by Gasteiger charge is 2.15. The molecular weight excluding hydrogens is 258 g/mol. The van der Waals surface area contributed by atoms with Crippen molar-refractivity contribution >= 4 is 0 Å². The highest BCUT2D eigenvalue weighted by Crippen LogP contribution is 2.14. The number of nitrogens with zero attached hydrogens (tertiary/aromatic N) is 1. The van der Waals surface area contributed by atoms with Crippen LogP contribution >= 0.6 is 0 Å². The summed E-state index contributed by atoms with van der Waals surface area (Å²) in [7, 11) is 4.61. The van der Waals surface area contributed by atoms with Crippen LogP contribution in [0, 0.1) is 5.92 Å². The van der Waals surface area contributed by atoms with Crippen LogP contribution in [-0.2, 0) is 4.74 Å². The first-order valence-electron chi connectivity index (χ1n) is 9.45.